The third-order valence-electron chi connectivity index (χ3n) is 3.77. The van der Waals surface area contributed by atoms with E-state index in [0.29, 0.717) is 39.3 Å². The van der Waals surface area contributed by atoms with Crippen molar-refractivity contribution in [2.45, 2.75) is 19.5 Å². The number of rotatable bonds is 5. The molecule has 1 fully saturated rings. The molecule has 0 radical (unpaired) electrons. The van der Waals surface area contributed by atoms with Crippen molar-refractivity contribution >= 4 is 36.6 Å². The Morgan fingerprint density at radius 2 is 1.71 bits per heavy atom. The van der Waals surface area contributed by atoms with Crippen LogP contribution in [0.1, 0.15) is 12.5 Å². The van der Waals surface area contributed by atoms with E-state index in [1.54, 1.807) is 11.8 Å². The first-order valence-electron chi connectivity index (χ1n) is 7.63. The molecule has 1 aliphatic heterocycles. The average molecular weight is 377 g/mol. The molecule has 1 aliphatic rings. The van der Waals surface area contributed by atoms with Gasteiger partial charge in [-0.25, -0.2) is 0 Å². The van der Waals surface area contributed by atoms with Crippen LogP contribution in [0, 0.1) is 0 Å². The zero-order valence-electron chi connectivity index (χ0n) is 13.8. The first-order chi connectivity index (χ1) is 10.6. The lowest BCUT2D eigenvalue weighted by atomic mass is 10.2. The van der Waals surface area contributed by atoms with Crippen LogP contribution in [0.5, 0.6) is 0 Å². The second kappa shape index (κ2) is 11.3. The maximum absolute atomic E-state index is 12.0. The van der Waals surface area contributed by atoms with Gasteiger partial charge < -0.3 is 16.0 Å². The topological polar surface area (TPSA) is 78.7 Å². The predicted octanol–water partition coefficient (Wildman–Crippen LogP) is 0.638. The molecule has 1 aromatic carbocycles. The summed E-state index contributed by atoms with van der Waals surface area (Å²) < 4.78 is 0. The summed E-state index contributed by atoms with van der Waals surface area (Å²) in [4.78, 5) is 27.6. The summed E-state index contributed by atoms with van der Waals surface area (Å²) in [7, 11) is 0. The van der Waals surface area contributed by atoms with Crippen LogP contribution in [0.3, 0.4) is 0 Å². The minimum Gasteiger partial charge on any atom is -0.351 e. The molecule has 0 aliphatic carbocycles. The molecule has 0 spiro atoms. The van der Waals surface area contributed by atoms with Crippen molar-refractivity contribution in [1.82, 2.24) is 15.1 Å². The lowest BCUT2D eigenvalue weighted by molar-refractivity contribution is -0.134. The third-order valence-corrected chi connectivity index (χ3v) is 3.77. The molecule has 0 unspecified atom stereocenters. The Bertz CT molecular complexity index is 506. The highest BCUT2D eigenvalue weighted by Crippen LogP contribution is 2.03. The van der Waals surface area contributed by atoms with Crippen LogP contribution in [-0.2, 0) is 16.1 Å². The van der Waals surface area contributed by atoms with Gasteiger partial charge in [0.2, 0.25) is 11.8 Å². The van der Waals surface area contributed by atoms with Gasteiger partial charge in [0.15, 0.2) is 0 Å². The summed E-state index contributed by atoms with van der Waals surface area (Å²) in [5, 5.41) is 2.92. The second-order valence-electron chi connectivity index (χ2n) is 5.65. The Morgan fingerprint density at radius 1 is 1.12 bits per heavy atom. The van der Waals surface area contributed by atoms with E-state index in [4.69, 9.17) is 5.73 Å². The number of hydrogen-bond acceptors (Lipinski definition) is 4. The first-order valence-corrected chi connectivity index (χ1v) is 7.63. The van der Waals surface area contributed by atoms with Gasteiger partial charge in [-0.05, 0) is 12.5 Å². The number of carbonyl (C=O) groups is 2. The summed E-state index contributed by atoms with van der Waals surface area (Å²) in [6.07, 6.45) is 0. The molecule has 24 heavy (non-hydrogen) atoms. The maximum atomic E-state index is 12.0. The number of nitrogens with one attached hydrogen (secondary N) is 1. The largest absolute Gasteiger partial charge is 0.351 e. The van der Waals surface area contributed by atoms with Crippen LogP contribution in [0.25, 0.3) is 0 Å². The van der Waals surface area contributed by atoms with Crippen molar-refractivity contribution in [3.8, 4) is 0 Å². The van der Waals surface area contributed by atoms with Crippen LogP contribution in [-0.4, -0.2) is 60.4 Å². The molecule has 0 aromatic heterocycles. The lowest BCUT2D eigenvalue weighted by Crippen LogP contribution is -2.53. The van der Waals surface area contributed by atoms with Gasteiger partial charge in [0.25, 0.3) is 0 Å². The van der Waals surface area contributed by atoms with Crippen molar-refractivity contribution in [2.75, 3.05) is 32.7 Å². The number of nitrogens with zero attached hydrogens (tertiary/aromatic N) is 2. The molecule has 1 atom stereocenters. The number of halogens is 2. The molecule has 1 saturated heterocycles. The monoisotopic (exact) mass is 376 g/mol. The van der Waals surface area contributed by atoms with E-state index in [2.05, 4.69) is 10.2 Å². The zero-order chi connectivity index (χ0) is 15.9. The number of benzene rings is 1. The molecule has 1 aromatic rings. The van der Waals surface area contributed by atoms with E-state index >= 15 is 0 Å². The van der Waals surface area contributed by atoms with Crippen LogP contribution in [0.2, 0.25) is 0 Å². The summed E-state index contributed by atoms with van der Waals surface area (Å²) in [6, 6.07) is 9.37. The quantitative estimate of drug-likeness (QED) is 0.790. The van der Waals surface area contributed by atoms with Crippen molar-refractivity contribution in [2.24, 2.45) is 5.73 Å². The number of piperazine rings is 1. The molecule has 136 valence electrons. The molecule has 1 heterocycles. The second-order valence-corrected chi connectivity index (χ2v) is 5.65. The number of carbonyl (C=O) groups excluding carboxylic acids is 2. The number of hydrogen-bond donors (Lipinski definition) is 2. The molecule has 3 N–H and O–H groups in total. The van der Waals surface area contributed by atoms with Crippen molar-refractivity contribution in [3.05, 3.63) is 35.9 Å². The van der Waals surface area contributed by atoms with E-state index in [1.165, 1.54) is 0 Å². The van der Waals surface area contributed by atoms with E-state index in [1.807, 2.05) is 30.3 Å². The predicted molar refractivity (Wildman–Crippen MR) is 99.5 cm³/mol. The summed E-state index contributed by atoms with van der Waals surface area (Å²) in [5.74, 6) is -0.0102. The summed E-state index contributed by atoms with van der Waals surface area (Å²) in [5.41, 5.74) is 6.69. The standard InChI is InChI=1S/C16H24N4O2.2ClH/c1-13(17)16(22)20-9-7-19(8-10-20)12-15(21)18-11-14-5-3-2-4-6-14;;/h2-6,13H,7-12,17H2,1H3,(H,18,21);2*1H/t13-;;/m1../s1. The van der Waals surface area contributed by atoms with E-state index < -0.39 is 6.04 Å². The van der Waals surface area contributed by atoms with Gasteiger partial charge in [-0.2, -0.15) is 0 Å². The maximum Gasteiger partial charge on any atom is 0.239 e. The fraction of sp³-hybridized carbons (Fsp3) is 0.500. The van der Waals surface area contributed by atoms with Crippen LogP contribution in [0.4, 0.5) is 0 Å². The van der Waals surface area contributed by atoms with E-state index in [0.717, 1.165) is 5.56 Å². The molecule has 2 amide bonds. The Balaban J connectivity index is 0.00000264. The fourth-order valence-electron chi connectivity index (χ4n) is 2.47. The fourth-order valence-corrected chi connectivity index (χ4v) is 2.47. The van der Waals surface area contributed by atoms with Crippen LogP contribution in [0.15, 0.2) is 30.3 Å². The van der Waals surface area contributed by atoms with Gasteiger partial charge in [0.05, 0.1) is 12.6 Å². The van der Waals surface area contributed by atoms with Crippen molar-refractivity contribution in [3.63, 3.8) is 0 Å². The summed E-state index contributed by atoms with van der Waals surface area (Å²) in [6.45, 7) is 5.29. The highest BCUT2D eigenvalue weighted by atomic mass is 35.5. The Labute approximate surface area is 155 Å². The van der Waals surface area contributed by atoms with Gasteiger partial charge >= 0.3 is 0 Å². The van der Waals surface area contributed by atoms with E-state index in [-0.39, 0.29) is 36.6 Å². The molecule has 0 saturated carbocycles. The minimum atomic E-state index is -0.458. The van der Waals surface area contributed by atoms with Crippen molar-refractivity contribution < 1.29 is 9.59 Å². The number of amides is 2. The highest BCUT2D eigenvalue weighted by Gasteiger charge is 2.23. The van der Waals surface area contributed by atoms with Gasteiger partial charge in [0.1, 0.15) is 0 Å². The Morgan fingerprint density at radius 3 is 2.25 bits per heavy atom. The molecular weight excluding hydrogens is 351 g/mol. The molecule has 0 bridgehead atoms. The smallest absolute Gasteiger partial charge is 0.239 e. The average Bonchev–Trinajstić information content (AvgIpc) is 2.54. The SMILES string of the molecule is C[C@@H](N)C(=O)N1CCN(CC(=O)NCc2ccccc2)CC1.Cl.Cl. The molecule has 2 rings (SSSR count). The minimum absolute atomic E-state index is 0. The summed E-state index contributed by atoms with van der Waals surface area (Å²) >= 11 is 0. The normalized spacial score (nSPS) is 15.7. The van der Waals surface area contributed by atoms with Gasteiger partial charge in [0, 0.05) is 32.7 Å². The van der Waals surface area contributed by atoms with Crippen molar-refractivity contribution in [1.29, 1.82) is 0 Å². The zero-order valence-corrected chi connectivity index (χ0v) is 15.4. The third kappa shape index (κ3) is 7.05. The highest BCUT2D eigenvalue weighted by molar-refractivity contribution is 5.85. The number of nitrogens with two attached hydrogens (primary N) is 1. The lowest BCUT2D eigenvalue weighted by Gasteiger charge is -2.35. The molecular formula is C16H26Cl2N4O2. The molecule has 6 nitrogen and oxygen atoms in total. The first kappa shape index (κ1) is 22.7. The Kier molecular flexibility index (Phi) is 10.6. The van der Waals surface area contributed by atoms with E-state index in [9.17, 15) is 9.59 Å². The van der Waals surface area contributed by atoms with Gasteiger partial charge in [-0.15, -0.1) is 24.8 Å². The Hall–Kier alpha value is -1.34. The molecule has 8 heteroatoms. The van der Waals surface area contributed by atoms with Crippen LogP contribution >= 0.6 is 24.8 Å². The van der Waals surface area contributed by atoms with Gasteiger partial charge in [-0.3, -0.25) is 14.5 Å². The van der Waals surface area contributed by atoms with Crippen LogP contribution < -0.4 is 11.1 Å². The van der Waals surface area contributed by atoms with Gasteiger partial charge in [-0.1, -0.05) is 30.3 Å².